The van der Waals surface area contributed by atoms with Crippen LogP contribution < -0.4 is 11.6 Å². The molecule has 1 aromatic carbocycles. The van der Waals surface area contributed by atoms with Crippen LogP contribution in [0.4, 0.5) is 0 Å². The summed E-state index contributed by atoms with van der Waals surface area (Å²) >= 11 is 0. The Labute approximate surface area is 141 Å². The molecule has 0 aliphatic heterocycles. The summed E-state index contributed by atoms with van der Waals surface area (Å²) in [6, 6.07) is 4.57. The van der Waals surface area contributed by atoms with Crippen LogP contribution in [0.5, 0.6) is 5.75 Å². The molecule has 1 aromatic rings. The number of aliphatic hydroxyl groups excluding tert-OH is 1. The molecule has 0 radical (unpaired) electrons. The van der Waals surface area contributed by atoms with E-state index in [1.54, 1.807) is 0 Å². The van der Waals surface area contributed by atoms with Crippen molar-refractivity contribution in [1.29, 1.82) is 0 Å². The lowest BCUT2D eigenvalue weighted by molar-refractivity contribution is -0.138. The van der Waals surface area contributed by atoms with E-state index in [9.17, 15) is 19.8 Å². The van der Waals surface area contributed by atoms with Gasteiger partial charge in [0.15, 0.2) is 0 Å². The molecule has 2 atom stereocenters. The Hall–Kier alpha value is -1.96. The number of carbonyl (C=O) groups is 2. The van der Waals surface area contributed by atoms with Gasteiger partial charge < -0.3 is 15.9 Å². The van der Waals surface area contributed by atoms with Crippen LogP contribution >= 0.6 is 0 Å². The highest BCUT2D eigenvalue weighted by molar-refractivity contribution is 6.05. The van der Waals surface area contributed by atoms with Crippen LogP contribution in [-0.2, 0) is 4.79 Å². The van der Waals surface area contributed by atoms with Crippen LogP contribution in [0.2, 0.25) is 0 Å². The Bertz CT molecular complexity index is 570. The number of aliphatic hydroxyl groups is 1. The van der Waals surface area contributed by atoms with Gasteiger partial charge in [-0.1, -0.05) is 32.1 Å². The minimum absolute atomic E-state index is 0.00372. The summed E-state index contributed by atoms with van der Waals surface area (Å²) in [5.41, 5.74) is 6.08. The molecule has 7 heteroatoms. The molecule has 2 rings (SSSR count). The minimum atomic E-state index is -1.52. The Morgan fingerprint density at radius 2 is 1.75 bits per heavy atom. The van der Waals surface area contributed by atoms with Gasteiger partial charge in [0.2, 0.25) is 0 Å². The van der Waals surface area contributed by atoms with Crippen LogP contribution in [0, 0.1) is 5.92 Å². The maximum Gasteiger partial charge on any atom is 0.274 e. The normalized spacial score (nSPS) is 18.0. The van der Waals surface area contributed by atoms with Gasteiger partial charge in [0.25, 0.3) is 11.8 Å². The van der Waals surface area contributed by atoms with Crippen molar-refractivity contribution in [2.45, 2.75) is 50.7 Å². The van der Waals surface area contributed by atoms with Gasteiger partial charge in [-0.2, -0.15) is 0 Å². The number of hydrogen-bond donors (Lipinski definition) is 4. The van der Waals surface area contributed by atoms with E-state index in [2.05, 4.69) is 0 Å². The number of phenols is 1. The number of carbonyl (C=O) groups excluding carboxylic acids is 2. The fourth-order valence-electron chi connectivity index (χ4n) is 3.11. The number of hydrogen-bond acceptors (Lipinski definition) is 6. The topological polar surface area (TPSA) is 130 Å². The monoisotopic (exact) mass is 335 g/mol. The average molecular weight is 335 g/mol. The molecule has 7 nitrogen and oxygen atoms in total. The highest BCUT2D eigenvalue weighted by atomic mass is 16.3. The van der Waals surface area contributed by atoms with Crippen molar-refractivity contribution in [2.24, 2.45) is 17.5 Å². The van der Waals surface area contributed by atoms with Gasteiger partial charge in [-0.25, -0.2) is 10.9 Å². The molecule has 1 fully saturated rings. The highest BCUT2D eigenvalue weighted by Gasteiger charge is 2.31. The molecule has 1 unspecified atom stereocenters. The van der Waals surface area contributed by atoms with Crippen LogP contribution in [-0.4, -0.2) is 39.2 Å². The van der Waals surface area contributed by atoms with E-state index in [4.69, 9.17) is 11.6 Å². The minimum Gasteiger partial charge on any atom is -0.508 e. The molecule has 0 bridgehead atoms. The predicted octanol–water partition coefficient (Wildman–Crippen LogP) is 0.893. The summed E-state index contributed by atoms with van der Waals surface area (Å²) in [4.78, 5) is 24.4. The number of benzene rings is 1. The molecule has 0 heterocycles. The largest absolute Gasteiger partial charge is 0.508 e. The summed E-state index contributed by atoms with van der Waals surface area (Å²) in [6.07, 6.45) is 4.62. The average Bonchev–Trinajstić information content (AvgIpc) is 2.60. The Kier molecular flexibility index (Phi) is 6.30. The maximum atomic E-state index is 12.2. The van der Waals surface area contributed by atoms with Crippen LogP contribution in [0.3, 0.4) is 0 Å². The number of hydrazine groups is 1. The number of amides is 2. The first-order chi connectivity index (χ1) is 11.4. The number of nitrogens with two attached hydrogens (primary N) is 2. The summed E-state index contributed by atoms with van der Waals surface area (Å²) < 4.78 is 0. The first-order valence-corrected chi connectivity index (χ1v) is 8.26. The summed E-state index contributed by atoms with van der Waals surface area (Å²) in [6.45, 7) is 0. The van der Waals surface area contributed by atoms with Gasteiger partial charge in [-0.05, 0) is 36.6 Å². The molecule has 24 heavy (non-hydrogen) atoms. The lowest BCUT2D eigenvalue weighted by Crippen LogP contribution is -2.53. The second-order valence-electron chi connectivity index (χ2n) is 6.41. The van der Waals surface area contributed by atoms with Crippen LogP contribution in [0.1, 0.15) is 48.9 Å². The molecule has 0 spiro atoms. The van der Waals surface area contributed by atoms with E-state index in [0.29, 0.717) is 17.3 Å². The molecule has 2 amide bonds. The van der Waals surface area contributed by atoms with Gasteiger partial charge in [-0.3, -0.25) is 9.59 Å². The van der Waals surface area contributed by atoms with Gasteiger partial charge >= 0.3 is 0 Å². The second kappa shape index (κ2) is 8.23. The van der Waals surface area contributed by atoms with Crippen LogP contribution in [0.15, 0.2) is 24.3 Å². The molecule has 6 N–H and O–H groups in total. The van der Waals surface area contributed by atoms with Crippen LogP contribution in [0.25, 0.3) is 0 Å². The van der Waals surface area contributed by atoms with Gasteiger partial charge in [0.05, 0.1) is 0 Å². The van der Waals surface area contributed by atoms with Crippen molar-refractivity contribution in [3.63, 3.8) is 0 Å². The molecule has 132 valence electrons. The van der Waals surface area contributed by atoms with Gasteiger partial charge in [0, 0.05) is 11.6 Å². The first-order valence-electron chi connectivity index (χ1n) is 8.26. The number of aromatic hydroxyl groups is 1. The van der Waals surface area contributed by atoms with E-state index in [1.165, 1.54) is 30.7 Å². The van der Waals surface area contributed by atoms with Gasteiger partial charge in [0.1, 0.15) is 11.9 Å². The first kappa shape index (κ1) is 18.4. The standard InChI is InChI=1S/C17H25N3O4/c18-14(10-11-4-2-1-3-5-11)15(22)17(24)20(19)16(23)12-6-8-13(21)9-7-12/h6-9,11,14-15,21-22H,1-5,10,18-19H2/t14-,15?/m1/s1. The van der Waals surface area contributed by atoms with Crippen molar-refractivity contribution >= 4 is 11.8 Å². The van der Waals surface area contributed by atoms with Gasteiger partial charge in [-0.15, -0.1) is 0 Å². The smallest absolute Gasteiger partial charge is 0.274 e. The molecule has 1 aliphatic rings. The molecular formula is C17H25N3O4. The zero-order chi connectivity index (χ0) is 17.7. The highest BCUT2D eigenvalue weighted by Crippen LogP contribution is 2.27. The Morgan fingerprint density at radius 3 is 2.33 bits per heavy atom. The Balaban J connectivity index is 1.95. The van der Waals surface area contributed by atoms with E-state index < -0.39 is 24.0 Å². The molecule has 1 saturated carbocycles. The molecule has 1 aliphatic carbocycles. The fraction of sp³-hybridized carbons (Fsp3) is 0.529. The molecule has 0 aromatic heterocycles. The third kappa shape index (κ3) is 4.53. The lowest BCUT2D eigenvalue weighted by Gasteiger charge is -2.27. The quantitative estimate of drug-likeness (QED) is 0.359. The zero-order valence-electron chi connectivity index (χ0n) is 13.6. The molecular weight excluding hydrogens is 310 g/mol. The Morgan fingerprint density at radius 1 is 1.17 bits per heavy atom. The number of imide groups is 1. The van der Waals surface area contributed by atoms with Crippen molar-refractivity contribution < 1.29 is 19.8 Å². The van der Waals surface area contributed by atoms with Crippen molar-refractivity contribution in [3.8, 4) is 5.75 Å². The maximum absolute atomic E-state index is 12.2. The summed E-state index contributed by atoms with van der Waals surface area (Å²) in [5.74, 6) is 4.27. The fourth-order valence-corrected chi connectivity index (χ4v) is 3.11. The van der Waals surface area contributed by atoms with E-state index in [1.807, 2.05) is 0 Å². The summed E-state index contributed by atoms with van der Waals surface area (Å²) in [7, 11) is 0. The molecule has 0 saturated heterocycles. The van der Waals surface area contributed by atoms with E-state index >= 15 is 0 Å². The van der Waals surface area contributed by atoms with Crippen molar-refractivity contribution in [1.82, 2.24) is 5.01 Å². The number of phenolic OH excluding ortho intramolecular Hbond substituents is 1. The van der Waals surface area contributed by atoms with Crippen molar-refractivity contribution in [2.75, 3.05) is 0 Å². The summed E-state index contributed by atoms with van der Waals surface area (Å²) in [5, 5.41) is 19.7. The number of nitrogens with zero attached hydrogens (tertiary/aromatic N) is 1. The third-order valence-electron chi connectivity index (χ3n) is 4.56. The third-order valence-corrected chi connectivity index (χ3v) is 4.56. The zero-order valence-corrected chi connectivity index (χ0v) is 13.6. The van der Waals surface area contributed by atoms with Crippen molar-refractivity contribution in [3.05, 3.63) is 29.8 Å². The SMILES string of the molecule is N[C@H](CC1CCCCC1)C(O)C(=O)N(N)C(=O)c1ccc(O)cc1. The lowest BCUT2D eigenvalue weighted by atomic mass is 9.84. The predicted molar refractivity (Wildman–Crippen MR) is 88.6 cm³/mol. The second-order valence-corrected chi connectivity index (χ2v) is 6.41. The van der Waals surface area contributed by atoms with E-state index in [0.717, 1.165) is 25.7 Å². The number of rotatable bonds is 5. The van der Waals surface area contributed by atoms with E-state index in [-0.39, 0.29) is 11.3 Å².